The van der Waals surface area contributed by atoms with Gasteiger partial charge in [-0.15, -0.1) is 0 Å². The van der Waals surface area contributed by atoms with Crippen molar-refractivity contribution in [3.8, 4) is 0 Å². The normalized spacial score (nSPS) is 40.3. The summed E-state index contributed by atoms with van der Waals surface area (Å²) in [5.74, 6) is 0.876. The van der Waals surface area contributed by atoms with E-state index in [1.807, 2.05) is 0 Å². The Kier molecular flexibility index (Phi) is 3.89. The molecule has 1 aliphatic heterocycles. The zero-order valence-corrected chi connectivity index (χ0v) is 12.7. The first-order valence-electron chi connectivity index (χ1n) is 8.08. The SMILES string of the molecule is COC(=O)C[C@]1(C)O[C@@H]2CCCC[C@@H]2C2=CCCC[C@H]21. The maximum absolute atomic E-state index is 11.8. The molecule has 3 rings (SSSR count). The molecule has 1 saturated carbocycles. The molecule has 0 aromatic carbocycles. The van der Waals surface area contributed by atoms with Crippen LogP contribution in [0.2, 0.25) is 0 Å². The zero-order chi connectivity index (χ0) is 14.2. The van der Waals surface area contributed by atoms with E-state index in [0.29, 0.717) is 24.4 Å². The number of rotatable bonds is 2. The van der Waals surface area contributed by atoms with E-state index in [2.05, 4.69) is 13.0 Å². The number of ether oxygens (including phenoxy) is 2. The van der Waals surface area contributed by atoms with E-state index in [9.17, 15) is 4.79 Å². The molecular weight excluding hydrogens is 252 g/mol. The van der Waals surface area contributed by atoms with Crippen molar-refractivity contribution in [1.82, 2.24) is 0 Å². The Balaban J connectivity index is 1.89. The molecule has 0 bridgehead atoms. The van der Waals surface area contributed by atoms with Crippen LogP contribution in [0.1, 0.15) is 58.3 Å². The first-order chi connectivity index (χ1) is 9.64. The monoisotopic (exact) mass is 278 g/mol. The van der Waals surface area contributed by atoms with Crippen LogP contribution < -0.4 is 0 Å². The Morgan fingerprint density at radius 2 is 2.15 bits per heavy atom. The highest BCUT2D eigenvalue weighted by Gasteiger charge is 2.50. The largest absolute Gasteiger partial charge is 0.469 e. The van der Waals surface area contributed by atoms with Crippen LogP contribution in [0.3, 0.4) is 0 Å². The van der Waals surface area contributed by atoms with E-state index >= 15 is 0 Å². The van der Waals surface area contributed by atoms with Gasteiger partial charge in [-0.25, -0.2) is 0 Å². The number of carbonyl (C=O) groups excluding carboxylic acids is 1. The molecule has 20 heavy (non-hydrogen) atoms. The highest BCUT2D eigenvalue weighted by Crippen LogP contribution is 2.51. The van der Waals surface area contributed by atoms with Crippen LogP contribution in [0.15, 0.2) is 11.6 Å². The molecule has 2 fully saturated rings. The Bertz CT molecular complexity index is 414. The maximum atomic E-state index is 11.8. The van der Waals surface area contributed by atoms with Gasteiger partial charge >= 0.3 is 5.97 Å². The van der Waals surface area contributed by atoms with E-state index in [-0.39, 0.29) is 11.6 Å². The standard InChI is InChI=1S/C17H26O3/c1-17(11-16(18)19-2)14-9-5-3-7-12(14)13-8-4-6-10-15(13)20-17/h7,13-15H,3-6,8-11H2,1-2H3/t13-,14-,15-,17+/m1/s1. The number of hydrogen-bond acceptors (Lipinski definition) is 3. The van der Waals surface area contributed by atoms with E-state index < -0.39 is 0 Å². The second-order valence-corrected chi connectivity index (χ2v) is 6.80. The Morgan fingerprint density at radius 1 is 1.35 bits per heavy atom. The topological polar surface area (TPSA) is 35.5 Å². The van der Waals surface area contributed by atoms with E-state index in [4.69, 9.17) is 9.47 Å². The lowest BCUT2D eigenvalue weighted by Gasteiger charge is -2.52. The predicted molar refractivity (Wildman–Crippen MR) is 77.3 cm³/mol. The number of fused-ring (bicyclic) bond motifs is 3. The lowest BCUT2D eigenvalue weighted by atomic mass is 9.64. The molecule has 112 valence electrons. The average molecular weight is 278 g/mol. The summed E-state index contributed by atoms with van der Waals surface area (Å²) >= 11 is 0. The molecule has 0 unspecified atom stereocenters. The van der Waals surface area contributed by atoms with Gasteiger partial charge in [-0.2, -0.15) is 0 Å². The van der Waals surface area contributed by atoms with Gasteiger partial charge < -0.3 is 9.47 Å². The maximum Gasteiger partial charge on any atom is 0.308 e. The first-order valence-corrected chi connectivity index (χ1v) is 8.08. The van der Waals surface area contributed by atoms with Crippen molar-refractivity contribution < 1.29 is 14.3 Å². The van der Waals surface area contributed by atoms with Gasteiger partial charge in [0.15, 0.2) is 0 Å². The molecule has 0 radical (unpaired) electrons. The van der Waals surface area contributed by atoms with Crippen LogP contribution in [0.25, 0.3) is 0 Å². The van der Waals surface area contributed by atoms with Gasteiger partial charge in [-0.3, -0.25) is 4.79 Å². The lowest BCUT2D eigenvalue weighted by Crippen LogP contribution is -2.53. The Hall–Kier alpha value is -0.830. The zero-order valence-electron chi connectivity index (χ0n) is 12.7. The molecule has 0 spiro atoms. The summed E-state index contributed by atoms with van der Waals surface area (Å²) < 4.78 is 11.4. The van der Waals surface area contributed by atoms with Crippen molar-refractivity contribution in [1.29, 1.82) is 0 Å². The molecular formula is C17H26O3. The van der Waals surface area contributed by atoms with Crippen molar-refractivity contribution in [3.63, 3.8) is 0 Å². The fourth-order valence-corrected chi connectivity index (χ4v) is 4.54. The van der Waals surface area contributed by atoms with Crippen LogP contribution in [0.5, 0.6) is 0 Å². The summed E-state index contributed by atoms with van der Waals surface area (Å²) in [5, 5.41) is 0. The van der Waals surface area contributed by atoms with Crippen molar-refractivity contribution in [2.45, 2.75) is 70.0 Å². The minimum Gasteiger partial charge on any atom is -0.469 e. The van der Waals surface area contributed by atoms with Gasteiger partial charge in [0.05, 0.1) is 25.2 Å². The van der Waals surface area contributed by atoms with Gasteiger partial charge in [-0.1, -0.05) is 24.5 Å². The lowest BCUT2D eigenvalue weighted by molar-refractivity contribution is -0.181. The quantitative estimate of drug-likeness (QED) is 0.571. The van der Waals surface area contributed by atoms with Gasteiger partial charge in [0.25, 0.3) is 0 Å². The van der Waals surface area contributed by atoms with Crippen molar-refractivity contribution in [3.05, 3.63) is 11.6 Å². The number of allylic oxidation sites excluding steroid dienone is 1. The van der Waals surface area contributed by atoms with E-state index in [0.717, 1.165) is 12.8 Å². The molecule has 1 heterocycles. The summed E-state index contributed by atoms with van der Waals surface area (Å²) in [4.78, 5) is 11.8. The van der Waals surface area contributed by atoms with Gasteiger partial charge in [0, 0.05) is 11.8 Å². The van der Waals surface area contributed by atoms with Gasteiger partial charge in [0.2, 0.25) is 0 Å². The van der Waals surface area contributed by atoms with Crippen molar-refractivity contribution in [2.24, 2.45) is 11.8 Å². The average Bonchev–Trinajstić information content (AvgIpc) is 2.47. The highest BCUT2D eigenvalue weighted by molar-refractivity contribution is 5.70. The van der Waals surface area contributed by atoms with Crippen LogP contribution in [0.4, 0.5) is 0 Å². The number of esters is 1. The van der Waals surface area contributed by atoms with Crippen LogP contribution in [-0.4, -0.2) is 24.8 Å². The number of carbonyl (C=O) groups is 1. The summed E-state index contributed by atoms with van der Waals surface area (Å²) in [6.45, 7) is 2.12. The summed E-state index contributed by atoms with van der Waals surface area (Å²) in [6, 6.07) is 0. The molecule has 4 atom stereocenters. The molecule has 3 nitrogen and oxygen atoms in total. The molecule has 0 amide bonds. The van der Waals surface area contributed by atoms with E-state index in [1.54, 1.807) is 5.57 Å². The van der Waals surface area contributed by atoms with E-state index in [1.165, 1.54) is 39.2 Å². The minimum atomic E-state index is -0.363. The fourth-order valence-electron chi connectivity index (χ4n) is 4.54. The number of hydrogen-bond donors (Lipinski definition) is 0. The number of methoxy groups -OCH3 is 1. The molecule has 0 aromatic heterocycles. The van der Waals surface area contributed by atoms with Crippen LogP contribution >= 0.6 is 0 Å². The molecule has 0 N–H and O–H groups in total. The van der Waals surface area contributed by atoms with Crippen molar-refractivity contribution in [2.75, 3.05) is 7.11 Å². The smallest absolute Gasteiger partial charge is 0.308 e. The second-order valence-electron chi connectivity index (χ2n) is 6.80. The molecule has 3 aliphatic rings. The third-order valence-electron chi connectivity index (χ3n) is 5.49. The summed E-state index contributed by atoms with van der Waals surface area (Å²) in [5.41, 5.74) is 1.23. The minimum absolute atomic E-state index is 0.147. The molecule has 1 saturated heterocycles. The molecule has 3 heteroatoms. The molecule has 2 aliphatic carbocycles. The van der Waals surface area contributed by atoms with Gasteiger partial charge in [0.1, 0.15) is 0 Å². The Morgan fingerprint density at radius 3 is 2.95 bits per heavy atom. The highest BCUT2D eigenvalue weighted by atomic mass is 16.5. The van der Waals surface area contributed by atoms with Crippen LogP contribution in [0, 0.1) is 11.8 Å². The summed E-state index contributed by atoms with van der Waals surface area (Å²) in [6.07, 6.45) is 11.7. The fraction of sp³-hybridized carbons (Fsp3) is 0.824. The Labute approximate surface area is 121 Å². The third kappa shape index (κ3) is 2.41. The summed E-state index contributed by atoms with van der Waals surface area (Å²) in [7, 11) is 1.47. The first kappa shape index (κ1) is 14.1. The predicted octanol–water partition coefficient (Wildman–Crippen LogP) is 3.62. The molecule has 0 aromatic rings. The third-order valence-corrected chi connectivity index (χ3v) is 5.49. The second kappa shape index (κ2) is 5.51. The van der Waals surface area contributed by atoms with Crippen molar-refractivity contribution >= 4 is 5.97 Å². The van der Waals surface area contributed by atoms with Gasteiger partial charge in [-0.05, 0) is 39.0 Å². The van der Waals surface area contributed by atoms with Crippen LogP contribution in [-0.2, 0) is 14.3 Å².